The van der Waals surface area contributed by atoms with Gasteiger partial charge in [0.1, 0.15) is 0 Å². The lowest BCUT2D eigenvalue weighted by molar-refractivity contribution is 0.236. The highest BCUT2D eigenvalue weighted by Crippen LogP contribution is 2.35. The first-order chi connectivity index (χ1) is 12.6. The van der Waals surface area contributed by atoms with Gasteiger partial charge in [0.25, 0.3) is 0 Å². The van der Waals surface area contributed by atoms with E-state index < -0.39 is 0 Å². The molecule has 0 bridgehead atoms. The van der Waals surface area contributed by atoms with E-state index in [0.29, 0.717) is 6.54 Å². The summed E-state index contributed by atoms with van der Waals surface area (Å²) >= 11 is 6.25. The Hall–Kier alpha value is -2.20. The molecule has 0 radical (unpaired) electrons. The molecule has 2 N–H and O–H groups in total. The largest absolute Gasteiger partial charge is 0.374 e. The maximum absolute atomic E-state index is 12.3. The molecule has 5 heteroatoms. The number of aryl methyl sites for hydroxylation is 1. The molecule has 1 heterocycles. The summed E-state index contributed by atoms with van der Waals surface area (Å²) in [6.07, 6.45) is 4.11. The number of halogens is 1. The van der Waals surface area contributed by atoms with Gasteiger partial charge in [-0.1, -0.05) is 35.9 Å². The first-order valence-corrected chi connectivity index (χ1v) is 9.64. The number of benzene rings is 2. The maximum Gasteiger partial charge on any atom is 0.315 e. The fourth-order valence-electron chi connectivity index (χ4n) is 4.10. The molecule has 4 nitrogen and oxygen atoms in total. The molecule has 0 saturated heterocycles. The Morgan fingerprint density at radius 1 is 1.27 bits per heavy atom. The van der Waals surface area contributed by atoms with Crippen LogP contribution in [0.2, 0.25) is 5.02 Å². The van der Waals surface area contributed by atoms with E-state index in [1.54, 1.807) is 0 Å². The molecular weight excluding hydrogens is 346 g/mol. The number of carbonyl (C=O) groups is 1. The minimum Gasteiger partial charge on any atom is -0.374 e. The molecule has 0 aromatic heterocycles. The van der Waals surface area contributed by atoms with Crippen molar-refractivity contribution in [3.63, 3.8) is 0 Å². The van der Waals surface area contributed by atoms with Crippen molar-refractivity contribution in [2.45, 2.75) is 38.3 Å². The van der Waals surface area contributed by atoms with E-state index >= 15 is 0 Å². The summed E-state index contributed by atoms with van der Waals surface area (Å²) in [7, 11) is 2.13. The summed E-state index contributed by atoms with van der Waals surface area (Å²) < 4.78 is 0. The number of fused-ring (bicyclic) bond motifs is 2. The highest BCUT2D eigenvalue weighted by Gasteiger charge is 2.25. The summed E-state index contributed by atoms with van der Waals surface area (Å²) in [5.74, 6) is 0. The van der Waals surface area contributed by atoms with Crippen LogP contribution in [0.15, 0.2) is 36.4 Å². The van der Waals surface area contributed by atoms with E-state index in [1.165, 1.54) is 23.2 Å². The number of hydrogen-bond donors (Lipinski definition) is 2. The van der Waals surface area contributed by atoms with Crippen LogP contribution in [0, 0.1) is 0 Å². The molecule has 1 atom stereocenters. The van der Waals surface area contributed by atoms with Gasteiger partial charge in [-0.3, -0.25) is 0 Å². The van der Waals surface area contributed by atoms with Crippen LogP contribution >= 0.6 is 11.6 Å². The van der Waals surface area contributed by atoms with Crippen LogP contribution in [0.1, 0.15) is 41.1 Å². The van der Waals surface area contributed by atoms with Crippen molar-refractivity contribution >= 4 is 23.3 Å². The molecule has 1 aliphatic heterocycles. The van der Waals surface area contributed by atoms with Gasteiger partial charge >= 0.3 is 6.03 Å². The highest BCUT2D eigenvalue weighted by molar-refractivity contribution is 6.31. The average molecular weight is 370 g/mol. The van der Waals surface area contributed by atoms with E-state index in [2.05, 4.69) is 46.8 Å². The molecule has 0 spiro atoms. The number of nitrogens with zero attached hydrogens (tertiary/aromatic N) is 1. The standard InChI is InChI=1S/C21H24ClN3O/c1-25-11-3-4-15-12-14(7-10-20(15)25)13-23-21(26)24-19-9-8-16-17(19)5-2-6-18(16)22/h2,5-7,10,12,19H,3-4,8-9,11,13H2,1H3,(H2,23,24,26)/t19-/m1/s1. The van der Waals surface area contributed by atoms with Crippen molar-refractivity contribution in [1.82, 2.24) is 10.6 Å². The summed E-state index contributed by atoms with van der Waals surface area (Å²) in [5.41, 5.74) is 6.13. The van der Waals surface area contributed by atoms with Crippen LogP contribution in [-0.4, -0.2) is 19.6 Å². The van der Waals surface area contributed by atoms with Gasteiger partial charge in [-0.05, 0) is 60.1 Å². The SMILES string of the molecule is CN1CCCc2cc(CNC(=O)N[C@@H]3CCc4c(Cl)cccc43)ccc21. The van der Waals surface area contributed by atoms with Gasteiger partial charge in [0.15, 0.2) is 0 Å². The maximum atomic E-state index is 12.3. The molecule has 1 aliphatic carbocycles. The molecule has 2 amide bonds. The number of amides is 2. The van der Waals surface area contributed by atoms with Crippen molar-refractivity contribution in [2.24, 2.45) is 0 Å². The van der Waals surface area contributed by atoms with Gasteiger partial charge in [-0.25, -0.2) is 4.79 Å². The average Bonchev–Trinajstić information content (AvgIpc) is 3.04. The number of rotatable bonds is 3. The predicted octanol–water partition coefficient (Wildman–Crippen LogP) is 4.21. The monoisotopic (exact) mass is 369 g/mol. The second-order valence-electron chi connectivity index (χ2n) is 7.21. The Bertz CT molecular complexity index is 836. The third kappa shape index (κ3) is 3.38. The minimum atomic E-state index is -0.127. The third-order valence-corrected chi connectivity index (χ3v) is 5.82. The minimum absolute atomic E-state index is 0.0425. The van der Waals surface area contributed by atoms with Crippen LogP contribution in [0.5, 0.6) is 0 Å². The molecular formula is C21H24ClN3O. The zero-order valence-electron chi connectivity index (χ0n) is 15.0. The molecule has 0 unspecified atom stereocenters. The lowest BCUT2D eigenvalue weighted by atomic mass is 9.99. The van der Waals surface area contributed by atoms with Crippen molar-refractivity contribution < 1.29 is 4.79 Å². The zero-order chi connectivity index (χ0) is 18.1. The van der Waals surface area contributed by atoms with Crippen LogP contribution < -0.4 is 15.5 Å². The normalized spacial score (nSPS) is 18.2. The van der Waals surface area contributed by atoms with Crippen LogP contribution in [-0.2, 0) is 19.4 Å². The zero-order valence-corrected chi connectivity index (χ0v) is 15.8. The fraction of sp³-hybridized carbons (Fsp3) is 0.381. The molecule has 136 valence electrons. The topological polar surface area (TPSA) is 44.4 Å². The van der Waals surface area contributed by atoms with Gasteiger partial charge in [0.2, 0.25) is 0 Å². The highest BCUT2D eigenvalue weighted by atomic mass is 35.5. The number of nitrogens with one attached hydrogen (secondary N) is 2. The lowest BCUT2D eigenvalue weighted by Crippen LogP contribution is -2.37. The van der Waals surface area contributed by atoms with Gasteiger partial charge in [-0.15, -0.1) is 0 Å². The fourth-order valence-corrected chi connectivity index (χ4v) is 4.38. The first kappa shape index (κ1) is 17.2. The van der Waals surface area contributed by atoms with Crippen molar-refractivity contribution in [2.75, 3.05) is 18.5 Å². The van der Waals surface area contributed by atoms with Gasteiger partial charge < -0.3 is 15.5 Å². The van der Waals surface area contributed by atoms with Gasteiger partial charge in [0, 0.05) is 30.8 Å². The third-order valence-electron chi connectivity index (χ3n) is 5.47. The molecule has 2 aromatic rings. The summed E-state index contributed by atoms with van der Waals surface area (Å²) in [6, 6.07) is 12.3. The van der Waals surface area contributed by atoms with Crippen LogP contribution in [0.3, 0.4) is 0 Å². The Labute approximate surface area is 159 Å². The smallest absolute Gasteiger partial charge is 0.315 e. The Kier molecular flexibility index (Phi) is 4.77. The second-order valence-corrected chi connectivity index (χ2v) is 7.62. The molecule has 0 fully saturated rings. The van der Waals surface area contributed by atoms with Crippen molar-refractivity contribution in [3.05, 3.63) is 63.7 Å². The van der Waals surface area contributed by atoms with Crippen LogP contribution in [0.4, 0.5) is 10.5 Å². The summed E-state index contributed by atoms with van der Waals surface area (Å²) in [6.45, 7) is 1.65. The molecule has 26 heavy (non-hydrogen) atoms. The number of urea groups is 1. The quantitative estimate of drug-likeness (QED) is 0.851. The van der Waals surface area contributed by atoms with E-state index in [-0.39, 0.29) is 12.1 Å². The second kappa shape index (κ2) is 7.20. The Morgan fingerprint density at radius 3 is 3.04 bits per heavy atom. The lowest BCUT2D eigenvalue weighted by Gasteiger charge is -2.27. The first-order valence-electron chi connectivity index (χ1n) is 9.26. The van der Waals surface area contributed by atoms with Crippen molar-refractivity contribution in [3.8, 4) is 0 Å². The Balaban J connectivity index is 1.36. The van der Waals surface area contributed by atoms with Gasteiger partial charge in [-0.2, -0.15) is 0 Å². The number of carbonyl (C=O) groups excluding carboxylic acids is 1. The number of anilines is 1. The Morgan fingerprint density at radius 2 is 2.15 bits per heavy atom. The molecule has 2 aromatic carbocycles. The molecule has 2 aliphatic rings. The number of hydrogen-bond acceptors (Lipinski definition) is 2. The molecule has 4 rings (SSSR count). The van der Waals surface area contributed by atoms with Gasteiger partial charge in [0.05, 0.1) is 6.04 Å². The predicted molar refractivity (Wildman–Crippen MR) is 106 cm³/mol. The van der Waals surface area contributed by atoms with E-state index in [4.69, 9.17) is 11.6 Å². The van der Waals surface area contributed by atoms with Crippen molar-refractivity contribution in [1.29, 1.82) is 0 Å². The summed E-state index contributed by atoms with van der Waals surface area (Å²) in [5, 5.41) is 6.88. The van der Waals surface area contributed by atoms with E-state index in [1.807, 2.05) is 12.1 Å². The van der Waals surface area contributed by atoms with E-state index in [0.717, 1.165) is 42.0 Å². The van der Waals surface area contributed by atoms with E-state index in [9.17, 15) is 4.79 Å². The van der Waals surface area contributed by atoms with Crippen LogP contribution in [0.25, 0.3) is 0 Å². The summed E-state index contributed by atoms with van der Waals surface area (Å²) in [4.78, 5) is 14.6. The molecule has 0 saturated carbocycles.